The molecule has 3 N–H and O–H groups in total. The number of rotatable bonds is 4. The molecule has 0 bridgehead atoms. The Morgan fingerprint density at radius 3 is 1.41 bits per heavy atom. The summed E-state index contributed by atoms with van der Waals surface area (Å²) < 4.78 is 52.5. The number of aryl methyl sites for hydroxylation is 1. The van der Waals surface area contributed by atoms with Crippen molar-refractivity contribution in [3.63, 3.8) is 0 Å². The summed E-state index contributed by atoms with van der Waals surface area (Å²) in [5.41, 5.74) is -0.284. The summed E-state index contributed by atoms with van der Waals surface area (Å²) in [5.74, 6) is -3.23. The molecule has 0 aliphatic carbocycles. The topological polar surface area (TPSA) is 190 Å². The van der Waals surface area contributed by atoms with Crippen molar-refractivity contribution in [3.05, 3.63) is 76.4 Å². The van der Waals surface area contributed by atoms with E-state index in [1.54, 1.807) is 117 Å². The second-order valence-electron chi connectivity index (χ2n) is 19.2. The third-order valence-corrected chi connectivity index (χ3v) is 8.89. The molecule has 348 valence electrons. The largest absolute Gasteiger partial charge is 0.444 e. The van der Waals surface area contributed by atoms with Gasteiger partial charge in [-0.1, -0.05) is 18.2 Å². The molecule has 0 radical (unpaired) electrons. The lowest BCUT2D eigenvalue weighted by atomic mass is 9.95. The highest BCUT2D eigenvalue weighted by Crippen LogP contribution is 2.30. The molecule has 0 atom stereocenters. The molecule has 64 heavy (non-hydrogen) atoms. The van der Waals surface area contributed by atoms with Crippen molar-refractivity contribution in [2.24, 2.45) is 9.98 Å². The van der Waals surface area contributed by atoms with E-state index in [2.05, 4.69) is 25.9 Å². The Labute approximate surface area is 373 Å². The average molecular weight is 894 g/mol. The second-order valence-corrected chi connectivity index (χ2v) is 19.2. The summed E-state index contributed by atoms with van der Waals surface area (Å²) in [5, 5.41) is 7.68. The van der Waals surface area contributed by atoms with Gasteiger partial charge in [0.15, 0.2) is 0 Å². The summed E-state index contributed by atoms with van der Waals surface area (Å²) in [4.78, 5) is 75.1. The lowest BCUT2D eigenvalue weighted by Crippen LogP contribution is -2.48. The summed E-state index contributed by atoms with van der Waals surface area (Å²) in [6.07, 6.45) is 0.934. The van der Waals surface area contributed by atoms with Gasteiger partial charge < -0.3 is 34.1 Å². The molecule has 0 unspecified atom stereocenters. The maximum atomic E-state index is 15.6. The number of ether oxygens (including phenoxy) is 4. The van der Waals surface area contributed by atoms with Crippen molar-refractivity contribution in [2.75, 3.05) is 31.5 Å². The third kappa shape index (κ3) is 15.8. The number of amides is 5. The minimum absolute atomic E-state index is 0.0198. The number of benzene rings is 2. The van der Waals surface area contributed by atoms with E-state index in [0.717, 1.165) is 28.8 Å². The highest BCUT2D eigenvalue weighted by Gasteiger charge is 2.28. The number of carbonyl (C=O) groups is 5. The summed E-state index contributed by atoms with van der Waals surface area (Å²) in [6.45, 7) is 23.2. The second kappa shape index (κ2) is 20.0. The summed E-state index contributed by atoms with van der Waals surface area (Å²) >= 11 is 0. The van der Waals surface area contributed by atoms with Gasteiger partial charge in [0.2, 0.25) is 11.9 Å². The highest BCUT2D eigenvalue weighted by atomic mass is 19.1. The number of hydrogen-bond donors (Lipinski definition) is 3. The van der Waals surface area contributed by atoms with Gasteiger partial charge in [-0.2, -0.15) is 0 Å². The van der Waals surface area contributed by atoms with E-state index < -0.39 is 69.9 Å². The van der Waals surface area contributed by atoms with Gasteiger partial charge in [-0.25, -0.2) is 28.0 Å². The molecule has 2 aromatic carbocycles. The number of anilines is 1. The van der Waals surface area contributed by atoms with Crippen LogP contribution in [0.4, 0.5) is 33.6 Å². The monoisotopic (exact) mass is 893 g/mol. The minimum Gasteiger partial charge on any atom is -0.444 e. The first kappa shape index (κ1) is 50.3. The minimum atomic E-state index is -1.06. The number of nitrogens with one attached hydrogen (secondary N) is 3. The molecule has 0 spiro atoms. The number of nitrogens with zero attached hydrogens (tertiary/aromatic N) is 4. The molecule has 2 aliphatic heterocycles. The fourth-order valence-electron chi connectivity index (χ4n) is 6.39. The SMILES string of the molecule is Cc1cc(NC(=O)c2c(F)cc(C3=CCN(/C(=N/C(=O)OC(C)(C)C)NC(=O)OC(C)(C)C)CC3)cc2F)ccc1C1=CCN(/C(=N/C(=O)OC(C)(C)C)NC(=O)OC(C)(C)C)CC1. The van der Waals surface area contributed by atoms with E-state index in [9.17, 15) is 24.0 Å². The lowest BCUT2D eigenvalue weighted by Gasteiger charge is -2.30. The summed E-state index contributed by atoms with van der Waals surface area (Å²) in [6, 6.07) is 7.30. The maximum absolute atomic E-state index is 15.6. The Hall–Kier alpha value is -6.33. The first-order valence-electron chi connectivity index (χ1n) is 20.9. The van der Waals surface area contributed by atoms with Crippen molar-refractivity contribution in [1.82, 2.24) is 20.4 Å². The van der Waals surface area contributed by atoms with Gasteiger partial charge in [0.1, 0.15) is 39.6 Å². The molecule has 4 rings (SSSR count). The first-order valence-corrected chi connectivity index (χ1v) is 20.9. The molecular weight excluding hydrogens is 833 g/mol. The van der Waals surface area contributed by atoms with Crippen LogP contribution < -0.4 is 16.0 Å². The van der Waals surface area contributed by atoms with E-state index in [1.807, 2.05) is 13.0 Å². The van der Waals surface area contributed by atoms with Crippen molar-refractivity contribution in [1.29, 1.82) is 0 Å². The number of alkyl carbamates (subject to hydrolysis) is 2. The third-order valence-electron chi connectivity index (χ3n) is 8.89. The highest BCUT2D eigenvalue weighted by molar-refractivity contribution is 6.05. The molecule has 2 aliphatic rings. The zero-order chi connectivity index (χ0) is 47.9. The van der Waals surface area contributed by atoms with E-state index in [0.29, 0.717) is 24.2 Å². The van der Waals surface area contributed by atoms with Crippen LogP contribution in [-0.4, -0.2) is 101 Å². The van der Waals surface area contributed by atoms with Crippen LogP contribution in [-0.2, 0) is 18.9 Å². The molecule has 0 saturated carbocycles. The fourth-order valence-corrected chi connectivity index (χ4v) is 6.39. The smallest absolute Gasteiger partial charge is 0.437 e. The summed E-state index contributed by atoms with van der Waals surface area (Å²) in [7, 11) is 0. The van der Waals surface area contributed by atoms with Crippen LogP contribution in [0.2, 0.25) is 0 Å². The van der Waals surface area contributed by atoms with Gasteiger partial charge in [0.05, 0.1) is 0 Å². The molecule has 0 aromatic heterocycles. The van der Waals surface area contributed by atoms with E-state index >= 15 is 8.78 Å². The number of aliphatic imine (C=N–C) groups is 2. The van der Waals surface area contributed by atoms with Crippen molar-refractivity contribution < 1.29 is 51.7 Å². The first-order chi connectivity index (χ1) is 29.4. The zero-order valence-electron chi connectivity index (χ0n) is 39.0. The van der Waals surface area contributed by atoms with Crippen LogP contribution in [0.25, 0.3) is 11.1 Å². The standard InChI is InChI=1S/C46H61F2N7O9/c1-27-24-31(14-15-32(27)29-18-22-55(23-19-29)38(52-41(59)63-45(8,9)10)53-42(60)64-46(11,12)13)49-36(56)35-33(47)25-30(26-34(35)48)28-16-20-54(21-17-28)37(50-39(57)61-43(2,3)4)51-40(58)62-44(5,6)7/h14-16,18,24-26H,17,19-23H2,1-13H3,(H,49,56)(H,50,51,57,58)(H,52,53,59,60). The van der Waals surface area contributed by atoms with Crippen LogP contribution in [0.3, 0.4) is 0 Å². The van der Waals surface area contributed by atoms with Crippen LogP contribution in [0.15, 0.2) is 52.5 Å². The van der Waals surface area contributed by atoms with Gasteiger partial charge in [-0.3, -0.25) is 15.4 Å². The average Bonchev–Trinajstić information content (AvgIpc) is 3.11. The molecule has 18 heteroatoms. The number of carbonyl (C=O) groups excluding carboxylic acids is 5. The number of hydrogen-bond acceptors (Lipinski definition) is 9. The predicted octanol–water partition coefficient (Wildman–Crippen LogP) is 9.34. The van der Waals surface area contributed by atoms with Gasteiger partial charge in [0, 0.05) is 31.9 Å². The van der Waals surface area contributed by atoms with Gasteiger partial charge in [0.25, 0.3) is 5.91 Å². The number of guanidine groups is 2. The van der Waals surface area contributed by atoms with Crippen LogP contribution >= 0.6 is 0 Å². The lowest BCUT2D eigenvalue weighted by molar-refractivity contribution is 0.0536. The fraction of sp³-hybridized carbons (Fsp3) is 0.500. The zero-order valence-corrected chi connectivity index (χ0v) is 39.0. The van der Waals surface area contributed by atoms with Gasteiger partial charge >= 0.3 is 24.4 Å². The van der Waals surface area contributed by atoms with Crippen LogP contribution in [0, 0.1) is 18.6 Å². The Kier molecular flexibility index (Phi) is 15.7. The molecule has 16 nitrogen and oxygen atoms in total. The van der Waals surface area contributed by atoms with E-state index in [-0.39, 0.29) is 43.5 Å². The molecule has 0 fully saturated rings. The Morgan fingerprint density at radius 1 is 0.609 bits per heavy atom. The molecule has 5 amide bonds. The molecule has 2 aromatic rings. The van der Waals surface area contributed by atoms with Crippen molar-refractivity contribution in [2.45, 2.75) is 125 Å². The number of halogens is 2. The molecule has 0 saturated heterocycles. The Balaban J connectivity index is 1.46. The molecular formula is C46H61F2N7O9. The van der Waals surface area contributed by atoms with E-state index in [1.165, 1.54) is 0 Å². The van der Waals surface area contributed by atoms with E-state index in [4.69, 9.17) is 18.9 Å². The quantitative estimate of drug-likeness (QED) is 0.151. The Morgan fingerprint density at radius 2 is 1.03 bits per heavy atom. The van der Waals surface area contributed by atoms with Crippen LogP contribution in [0.5, 0.6) is 0 Å². The van der Waals surface area contributed by atoms with Gasteiger partial charge in [-0.15, -0.1) is 9.98 Å². The predicted molar refractivity (Wildman–Crippen MR) is 240 cm³/mol. The van der Waals surface area contributed by atoms with Gasteiger partial charge in [-0.05, 0) is 155 Å². The normalized spacial score (nSPS) is 15.4. The van der Waals surface area contributed by atoms with Crippen LogP contribution in [0.1, 0.15) is 123 Å². The van der Waals surface area contributed by atoms with Crippen molar-refractivity contribution >= 4 is 59.0 Å². The van der Waals surface area contributed by atoms with Crippen molar-refractivity contribution in [3.8, 4) is 0 Å². The maximum Gasteiger partial charge on any atom is 0.437 e. The molecule has 2 heterocycles. The Bertz CT molecular complexity index is 2240.